The number of thiophene rings is 1. The molecule has 1 fully saturated rings. The number of nitrogens with zero attached hydrogens (tertiary/aromatic N) is 1. The van der Waals surface area contributed by atoms with Crippen LogP contribution in [-0.2, 0) is 17.6 Å². The molecule has 22 heavy (non-hydrogen) atoms. The fourth-order valence-corrected chi connectivity index (χ4v) is 4.43. The third-order valence-corrected chi connectivity index (χ3v) is 5.57. The lowest BCUT2D eigenvalue weighted by Crippen LogP contribution is -2.31. The summed E-state index contributed by atoms with van der Waals surface area (Å²) in [6, 6.07) is 0. The average molecular weight is 316 g/mol. The topological polar surface area (TPSA) is 33.6 Å². The van der Waals surface area contributed by atoms with Crippen LogP contribution in [0.4, 0.5) is 0 Å². The second-order valence-electron chi connectivity index (χ2n) is 5.98. The molecule has 0 spiro atoms. The highest BCUT2D eigenvalue weighted by molar-refractivity contribution is 7.10. The van der Waals surface area contributed by atoms with Crippen LogP contribution in [0, 0.1) is 5.92 Å². The Hall–Kier alpha value is -1.39. The summed E-state index contributed by atoms with van der Waals surface area (Å²) >= 11 is 1.81. The van der Waals surface area contributed by atoms with Gasteiger partial charge in [-0.1, -0.05) is 19.2 Å². The first kappa shape index (κ1) is 15.5. The van der Waals surface area contributed by atoms with E-state index >= 15 is 0 Å². The van der Waals surface area contributed by atoms with E-state index in [1.165, 1.54) is 36.1 Å². The van der Waals surface area contributed by atoms with E-state index in [4.69, 9.17) is 4.74 Å². The van der Waals surface area contributed by atoms with Gasteiger partial charge in [-0.05, 0) is 56.7 Å². The number of ether oxygens (including phenoxy) is 1. The van der Waals surface area contributed by atoms with Crippen LogP contribution in [0.5, 0.6) is 0 Å². The van der Waals surface area contributed by atoms with Gasteiger partial charge in [0.05, 0.1) is 11.8 Å². The van der Waals surface area contributed by atoms with Crippen molar-refractivity contribution in [1.82, 2.24) is 5.32 Å². The van der Waals surface area contributed by atoms with Crippen LogP contribution in [0.2, 0.25) is 0 Å². The number of aliphatic imine (C=N–C) groups is 1. The molecular weight excluding hydrogens is 292 g/mol. The Kier molecular flexibility index (Phi) is 5.11. The van der Waals surface area contributed by atoms with Crippen molar-refractivity contribution in [3.05, 3.63) is 32.8 Å². The van der Waals surface area contributed by atoms with Gasteiger partial charge in [-0.2, -0.15) is 0 Å². The lowest BCUT2D eigenvalue weighted by Gasteiger charge is -2.22. The maximum atomic E-state index is 6.14. The lowest BCUT2D eigenvalue weighted by atomic mass is 9.99. The van der Waals surface area contributed by atoms with Crippen molar-refractivity contribution >= 4 is 30.0 Å². The quantitative estimate of drug-likeness (QED) is 0.843. The molecule has 0 radical (unpaired) electrons. The first-order valence-electron chi connectivity index (χ1n) is 8.12. The van der Waals surface area contributed by atoms with Gasteiger partial charge in [0.25, 0.3) is 0 Å². The van der Waals surface area contributed by atoms with Gasteiger partial charge in [-0.25, -0.2) is 4.99 Å². The Bertz CT molecular complexity index is 668. The van der Waals surface area contributed by atoms with Crippen molar-refractivity contribution < 1.29 is 4.74 Å². The number of rotatable bonds is 5. The second kappa shape index (κ2) is 7.25. The SMILES string of the molecule is C=CC=NC(OCC1CCNCC1)=c1c2c(sc1=C)CCC2. The van der Waals surface area contributed by atoms with Crippen LogP contribution in [-0.4, -0.2) is 25.9 Å². The summed E-state index contributed by atoms with van der Waals surface area (Å²) in [5, 5.41) is 4.54. The minimum Gasteiger partial charge on any atom is -0.477 e. The number of aryl methyl sites for hydroxylation is 1. The molecule has 0 saturated carbocycles. The van der Waals surface area contributed by atoms with Gasteiger partial charge in [0, 0.05) is 15.6 Å². The Morgan fingerprint density at radius 3 is 2.95 bits per heavy atom. The standard InChI is InChI=1S/C18H24N2OS/c1-3-9-20-18(21-12-14-7-10-19-11-8-14)17-13(2)22-16-6-4-5-15(16)17/h3,9,14,19H,1-2,4-8,10-12H2. The molecule has 1 saturated heterocycles. The molecule has 0 bridgehead atoms. The molecule has 3 nitrogen and oxygen atoms in total. The van der Waals surface area contributed by atoms with Crippen LogP contribution in [0.25, 0.3) is 12.5 Å². The zero-order chi connectivity index (χ0) is 15.4. The Morgan fingerprint density at radius 1 is 1.36 bits per heavy atom. The molecular formula is C18H24N2OS. The molecule has 0 amide bonds. The van der Waals surface area contributed by atoms with Crippen molar-refractivity contribution in [2.45, 2.75) is 32.1 Å². The molecule has 1 aliphatic heterocycles. The Balaban J connectivity index is 1.89. The van der Waals surface area contributed by atoms with E-state index in [2.05, 4.69) is 23.5 Å². The molecule has 2 heterocycles. The molecule has 1 aromatic heterocycles. The minimum absolute atomic E-state index is 0.620. The fraction of sp³-hybridized carbons (Fsp3) is 0.500. The monoisotopic (exact) mass is 316 g/mol. The van der Waals surface area contributed by atoms with E-state index in [1.54, 1.807) is 23.6 Å². The summed E-state index contributed by atoms with van der Waals surface area (Å²) in [6.07, 6.45) is 9.31. The van der Waals surface area contributed by atoms with E-state index < -0.39 is 0 Å². The first-order valence-corrected chi connectivity index (χ1v) is 8.93. The fourth-order valence-electron chi connectivity index (χ4n) is 3.25. The van der Waals surface area contributed by atoms with Gasteiger partial charge >= 0.3 is 0 Å². The molecule has 0 unspecified atom stereocenters. The van der Waals surface area contributed by atoms with Gasteiger partial charge in [-0.15, -0.1) is 11.3 Å². The van der Waals surface area contributed by atoms with Crippen LogP contribution >= 0.6 is 11.3 Å². The largest absolute Gasteiger partial charge is 0.477 e. The maximum Gasteiger partial charge on any atom is 0.222 e. The predicted octanol–water partition coefficient (Wildman–Crippen LogP) is 1.99. The molecule has 3 rings (SSSR count). The summed E-state index contributed by atoms with van der Waals surface area (Å²) < 4.78 is 7.23. The zero-order valence-corrected chi connectivity index (χ0v) is 13.9. The highest BCUT2D eigenvalue weighted by Crippen LogP contribution is 2.22. The van der Waals surface area contributed by atoms with E-state index in [9.17, 15) is 0 Å². The number of fused-ring (bicyclic) bond motifs is 1. The van der Waals surface area contributed by atoms with Crippen LogP contribution in [0.3, 0.4) is 0 Å². The summed E-state index contributed by atoms with van der Waals surface area (Å²) in [7, 11) is 0. The van der Waals surface area contributed by atoms with Gasteiger partial charge in [0.1, 0.15) is 0 Å². The zero-order valence-electron chi connectivity index (χ0n) is 13.1. The first-order chi connectivity index (χ1) is 10.8. The van der Waals surface area contributed by atoms with Gasteiger partial charge in [0.2, 0.25) is 5.88 Å². The van der Waals surface area contributed by atoms with Crippen molar-refractivity contribution in [3.63, 3.8) is 0 Å². The predicted molar refractivity (Wildman–Crippen MR) is 94.8 cm³/mol. The third kappa shape index (κ3) is 3.33. The smallest absolute Gasteiger partial charge is 0.222 e. The molecule has 4 heteroatoms. The van der Waals surface area contributed by atoms with Crippen LogP contribution in [0.1, 0.15) is 29.7 Å². The van der Waals surface area contributed by atoms with E-state index in [0.29, 0.717) is 5.92 Å². The highest BCUT2D eigenvalue weighted by Gasteiger charge is 2.19. The number of hydrogen-bond donors (Lipinski definition) is 1. The molecule has 2 aliphatic rings. The van der Waals surface area contributed by atoms with E-state index in [-0.39, 0.29) is 0 Å². The van der Waals surface area contributed by atoms with Crippen molar-refractivity contribution in [3.8, 4) is 0 Å². The summed E-state index contributed by atoms with van der Waals surface area (Å²) in [4.78, 5) is 5.98. The molecule has 0 atom stereocenters. The number of allylic oxidation sites excluding steroid dienone is 1. The third-order valence-electron chi connectivity index (χ3n) is 4.42. The molecule has 1 aromatic rings. The van der Waals surface area contributed by atoms with Gasteiger partial charge in [0.15, 0.2) is 0 Å². The molecule has 0 aromatic carbocycles. The van der Waals surface area contributed by atoms with E-state index in [0.717, 1.165) is 41.8 Å². The average Bonchev–Trinajstić information content (AvgIpc) is 3.09. The summed E-state index contributed by atoms with van der Waals surface area (Å²) in [6.45, 7) is 10.9. The van der Waals surface area contributed by atoms with Crippen LogP contribution < -0.4 is 15.1 Å². The summed E-state index contributed by atoms with van der Waals surface area (Å²) in [5.41, 5.74) is 1.41. The van der Waals surface area contributed by atoms with Crippen LogP contribution in [0.15, 0.2) is 17.6 Å². The van der Waals surface area contributed by atoms with Gasteiger partial charge < -0.3 is 10.1 Å². The minimum atomic E-state index is 0.620. The second-order valence-corrected chi connectivity index (χ2v) is 7.17. The molecule has 1 aliphatic carbocycles. The normalized spacial score (nSPS) is 20.2. The molecule has 118 valence electrons. The van der Waals surface area contributed by atoms with Crippen molar-refractivity contribution in [2.75, 3.05) is 19.7 Å². The van der Waals surface area contributed by atoms with Crippen molar-refractivity contribution in [2.24, 2.45) is 10.9 Å². The maximum absolute atomic E-state index is 6.14. The number of nitrogens with one attached hydrogen (secondary N) is 1. The highest BCUT2D eigenvalue weighted by atomic mass is 32.1. The van der Waals surface area contributed by atoms with Gasteiger partial charge in [-0.3, -0.25) is 0 Å². The number of hydrogen-bond acceptors (Lipinski definition) is 4. The molecule has 1 N–H and O–H groups in total. The Morgan fingerprint density at radius 2 is 2.18 bits per heavy atom. The van der Waals surface area contributed by atoms with E-state index in [1.807, 2.05) is 0 Å². The van der Waals surface area contributed by atoms with Crippen molar-refractivity contribution in [1.29, 1.82) is 0 Å². The Labute approximate surface area is 136 Å². The summed E-state index contributed by atoms with van der Waals surface area (Å²) in [5.74, 6) is 1.36. The number of piperidine rings is 1. The lowest BCUT2D eigenvalue weighted by molar-refractivity contribution is 0.183.